The second-order valence-electron chi connectivity index (χ2n) is 3.90. The number of rotatable bonds is 4. The second-order valence-corrected chi connectivity index (χ2v) is 3.90. The molecular weight excluding hydrogens is 231 g/mol. The zero-order valence-electron chi connectivity index (χ0n) is 10.4. The van der Waals surface area contributed by atoms with Gasteiger partial charge in [-0.25, -0.2) is 9.37 Å². The molecule has 0 amide bonds. The number of nitrogens with zero attached hydrogens (tertiary/aromatic N) is 1. The molecule has 4 heteroatoms. The zero-order valence-corrected chi connectivity index (χ0v) is 10.4. The number of anilines is 1. The van der Waals surface area contributed by atoms with E-state index < -0.39 is 0 Å². The van der Waals surface area contributed by atoms with E-state index >= 15 is 0 Å². The molecule has 0 saturated heterocycles. The maximum atomic E-state index is 13.8. The summed E-state index contributed by atoms with van der Waals surface area (Å²) >= 11 is 0. The molecule has 1 aromatic carbocycles. The van der Waals surface area contributed by atoms with Crippen LogP contribution in [0.1, 0.15) is 12.5 Å². The SMILES string of the molecule is CCNc1cc(Oc2cccc(C)c2F)ccn1. The van der Waals surface area contributed by atoms with Crippen LogP contribution in [0.2, 0.25) is 0 Å². The molecule has 0 atom stereocenters. The summed E-state index contributed by atoms with van der Waals surface area (Å²) in [6, 6.07) is 8.52. The van der Waals surface area contributed by atoms with E-state index in [4.69, 9.17) is 4.74 Å². The number of aromatic nitrogens is 1. The van der Waals surface area contributed by atoms with Crippen molar-refractivity contribution in [2.45, 2.75) is 13.8 Å². The van der Waals surface area contributed by atoms with Crippen LogP contribution < -0.4 is 10.1 Å². The Morgan fingerprint density at radius 2 is 2.17 bits per heavy atom. The van der Waals surface area contributed by atoms with Gasteiger partial charge in [-0.2, -0.15) is 0 Å². The molecule has 0 fully saturated rings. The van der Waals surface area contributed by atoms with Gasteiger partial charge in [0.1, 0.15) is 11.6 Å². The molecule has 0 spiro atoms. The summed E-state index contributed by atoms with van der Waals surface area (Å²) in [4.78, 5) is 4.13. The Kier molecular flexibility index (Phi) is 3.77. The number of hydrogen-bond donors (Lipinski definition) is 1. The van der Waals surface area contributed by atoms with E-state index in [1.54, 1.807) is 43.5 Å². The summed E-state index contributed by atoms with van der Waals surface area (Å²) < 4.78 is 19.3. The van der Waals surface area contributed by atoms with Gasteiger partial charge in [-0.3, -0.25) is 0 Å². The first kappa shape index (κ1) is 12.4. The van der Waals surface area contributed by atoms with E-state index in [9.17, 15) is 4.39 Å². The molecule has 2 rings (SSSR count). The van der Waals surface area contributed by atoms with E-state index in [0.717, 1.165) is 6.54 Å². The van der Waals surface area contributed by atoms with Crippen molar-refractivity contribution in [1.29, 1.82) is 0 Å². The van der Waals surface area contributed by atoms with Crippen LogP contribution in [0.3, 0.4) is 0 Å². The summed E-state index contributed by atoms with van der Waals surface area (Å²) in [5.74, 6) is 1.16. The van der Waals surface area contributed by atoms with Gasteiger partial charge >= 0.3 is 0 Å². The highest BCUT2D eigenvalue weighted by atomic mass is 19.1. The Bertz CT molecular complexity index is 543. The second kappa shape index (κ2) is 5.49. The maximum absolute atomic E-state index is 13.8. The first-order valence-corrected chi connectivity index (χ1v) is 5.83. The number of ether oxygens (including phenoxy) is 1. The van der Waals surface area contributed by atoms with Gasteiger partial charge in [0.2, 0.25) is 0 Å². The molecule has 0 saturated carbocycles. The first-order valence-electron chi connectivity index (χ1n) is 5.83. The summed E-state index contributed by atoms with van der Waals surface area (Å²) in [5.41, 5.74) is 0.563. The number of pyridine rings is 1. The highest BCUT2D eigenvalue weighted by Gasteiger charge is 2.07. The quantitative estimate of drug-likeness (QED) is 0.892. The van der Waals surface area contributed by atoms with Gasteiger partial charge in [-0.1, -0.05) is 12.1 Å². The lowest BCUT2D eigenvalue weighted by Gasteiger charge is -2.09. The lowest BCUT2D eigenvalue weighted by atomic mass is 10.2. The van der Waals surface area contributed by atoms with Gasteiger partial charge in [0.15, 0.2) is 11.6 Å². The van der Waals surface area contributed by atoms with Crippen LogP contribution in [-0.2, 0) is 0 Å². The number of halogens is 1. The highest BCUT2D eigenvalue weighted by Crippen LogP contribution is 2.26. The standard InChI is InChI=1S/C14H15FN2O/c1-3-16-13-9-11(7-8-17-13)18-12-6-4-5-10(2)14(12)15/h4-9H,3H2,1-2H3,(H,16,17). The molecule has 0 unspecified atom stereocenters. The van der Waals surface area contributed by atoms with Crippen LogP contribution in [-0.4, -0.2) is 11.5 Å². The molecule has 18 heavy (non-hydrogen) atoms. The molecule has 1 heterocycles. The predicted octanol–water partition coefficient (Wildman–Crippen LogP) is 3.75. The Morgan fingerprint density at radius 1 is 1.33 bits per heavy atom. The van der Waals surface area contributed by atoms with Crippen LogP contribution >= 0.6 is 0 Å². The Labute approximate surface area is 106 Å². The summed E-state index contributed by atoms with van der Waals surface area (Å²) in [5, 5.41) is 3.07. The van der Waals surface area contributed by atoms with Crippen molar-refractivity contribution in [2.75, 3.05) is 11.9 Å². The number of benzene rings is 1. The molecule has 1 N–H and O–H groups in total. The summed E-state index contributed by atoms with van der Waals surface area (Å²) in [7, 11) is 0. The van der Waals surface area contributed by atoms with E-state index in [1.165, 1.54) is 0 Å². The van der Waals surface area contributed by atoms with Crippen molar-refractivity contribution in [3.8, 4) is 11.5 Å². The molecule has 0 aliphatic carbocycles. The number of aryl methyl sites for hydroxylation is 1. The Morgan fingerprint density at radius 3 is 2.94 bits per heavy atom. The third-order valence-corrected chi connectivity index (χ3v) is 2.47. The van der Waals surface area contributed by atoms with Crippen molar-refractivity contribution in [1.82, 2.24) is 4.98 Å². The van der Waals surface area contributed by atoms with Crippen LogP contribution in [0, 0.1) is 12.7 Å². The molecule has 0 aliphatic rings. The average Bonchev–Trinajstić information content (AvgIpc) is 2.36. The van der Waals surface area contributed by atoms with Gasteiger partial charge in [-0.15, -0.1) is 0 Å². The molecule has 0 bridgehead atoms. The average molecular weight is 246 g/mol. The van der Waals surface area contributed by atoms with Crippen LogP contribution in [0.4, 0.5) is 10.2 Å². The van der Waals surface area contributed by atoms with Gasteiger partial charge in [-0.05, 0) is 31.5 Å². The molecule has 2 aromatic rings. The minimum atomic E-state index is -0.334. The van der Waals surface area contributed by atoms with E-state index in [1.807, 2.05) is 6.92 Å². The molecule has 0 radical (unpaired) electrons. The normalized spacial score (nSPS) is 10.2. The lowest BCUT2D eigenvalue weighted by Crippen LogP contribution is -1.99. The molecular formula is C14H15FN2O. The first-order chi connectivity index (χ1) is 8.70. The fourth-order valence-electron chi connectivity index (χ4n) is 1.58. The van der Waals surface area contributed by atoms with Crippen LogP contribution in [0.5, 0.6) is 11.5 Å². The number of hydrogen-bond acceptors (Lipinski definition) is 3. The summed E-state index contributed by atoms with van der Waals surface area (Å²) in [6.45, 7) is 4.46. The minimum Gasteiger partial charge on any atom is -0.454 e. The molecule has 3 nitrogen and oxygen atoms in total. The van der Waals surface area contributed by atoms with Gasteiger partial charge in [0.25, 0.3) is 0 Å². The van der Waals surface area contributed by atoms with Crippen molar-refractivity contribution in [2.24, 2.45) is 0 Å². The topological polar surface area (TPSA) is 34.1 Å². The fraction of sp³-hybridized carbons (Fsp3) is 0.214. The fourth-order valence-corrected chi connectivity index (χ4v) is 1.58. The van der Waals surface area contributed by atoms with Crippen molar-refractivity contribution >= 4 is 5.82 Å². The zero-order chi connectivity index (χ0) is 13.0. The van der Waals surface area contributed by atoms with Crippen molar-refractivity contribution in [3.63, 3.8) is 0 Å². The van der Waals surface area contributed by atoms with E-state index in [0.29, 0.717) is 17.1 Å². The Hall–Kier alpha value is -2.10. The van der Waals surface area contributed by atoms with Crippen molar-refractivity contribution < 1.29 is 9.13 Å². The maximum Gasteiger partial charge on any atom is 0.168 e. The molecule has 94 valence electrons. The minimum absolute atomic E-state index is 0.226. The van der Waals surface area contributed by atoms with Gasteiger partial charge in [0.05, 0.1) is 0 Å². The van der Waals surface area contributed by atoms with Crippen LogP contribution in [0.15, 0.2) is 36.5 Å². The third-order valence-electron chi connectivity index (χ3n) is 2.47. The molecule has 1 aromatic heterocycles. The third kappa shape index (κ3) is 2.77. The predicted molar refractivity (Wildman–Crippen MR) is 69.6 cm³/mol. The van der Waals surface area contributed by atoms with Gasteiger partial charge in [0, 0.05) is 18.8 Å². The smallest absolute Gasteiger partial charge is 0.168 e. The van der Waals surface area contributed by atoms with E-state index in [-0.39, 0.29) is 11.6 Å². The Balaban J connectivity index is 2.23. The highest BCUT2D eigenvalue weighted by molar-refractivity contribution is 5.43. The molecule has 0 aliphatic heterocycles. The van der Waals surface area contributed by atoms with Gasteiger partial charge < -0.3 is 10.1 Å². The van der Waals surface area contributed by atoms with E-state index in [2.05, 4.69) is 10.3 Å². The van der Waals surface area contributed by atoms with Crippen LogP contribution in [0.25, 0.3) is 0 Å². The monoisotopic (exact) mass is 246 g/mol. The number of nitrogens with one attached hydrogen (secondary N) is 1. The van der Waals surface area contributed by atoms with Crippen molar-refractivity contribution in [3.05, 3.63) is 47.9 Å². The largest absolute Gasteiger partial charge is 0.454 e. The lowest BCUT2D eigenvalue weighted by molar-refractivity contribution is 0.440. The summed E-state index contributed by atoms with van der Waals surface area (Å²) in [6.07, 6.45) is 1.63.